The van der Waals surface area contributed by atoms with Gasteiger partial charge in [0.1, 0.15) is 29.4 Å². The highest BCUT2D eigenvalue weighted by Crippen LogP contribution is 2.34. The molecular formula is C14H16N2O3S. The molecule has 0 saturated carbocycles. The normalized spacial score (nSPS) is 24.9. The van der Waals surface area contributed by atoms with Crippen LogP contribution in [0.3, 0.4) is 0 Å². The van der Waals surface area contributed by atoms with E-state index < -0.39 is 0 Å². The van der Waals surface area contributed by atoms with Crippen LogP contribution in [0.25, 0.3) is 0 Å². The molecule has 1 fully saturated rings. The summed E-state index contributed by atoms with van der Waals surface area (Å²) in [6.45, 7) is 1.85. The zero-order valence-corrected chi connectivity index (χ0v) is 11.8. The van der Waals surface area contributed by atoms with Crippen LogP contribution >= 0.6 is 12.2 Å². The van der Waals surface area contributed by atoms with E-state index in [1.165, 1.54) is 0 Å². The van der Waals surface area contributed by atoms with Crippen molar-refractivity contribution >= 4 is 23.1 Å². The molecule has 20 heavy (non-hydrogen) atoms. The van der Waals surface area contributed by atoms with E-state index in [0.29, 0.717) is 31.3 Å². The first-order valence-electron chi connectivity index (χ1n) is 6.58. The van der Waals surface area contributed by atoms with Crippen molar-refractivity contribution in [2.75, 3.05) is 26.3 Å². The van der Waals surface area contributed by atoms with Gasteiger partial charge in [-0.1, -0.05) is 30.4 Å². The van der Waals surface area contributed by atoms with Gasteiger partial charge in [0, 0.05) is 12.1 Å². The number of hydrogen-bond acceptors (Lipinski definition) is 4. The van der Waals surface area contributed by atoms with E-state index in [4.69, 9.17) is 27.4 Å². The minimum Gasteiger partial charge on any atom is -0.492 e. The second-order valence-corrected chi connectivity index (χ2v) is 5.42. The molecule has 2 unspecified atom stereocenters. The van der Waals surface area contributed by atoms with E-state index in [1.807, 2.05) is 24.3 Å². The molecule has 0 aromatic heterocycles. The molecule has 1 amide bonds. The van der Waals surface area contributed by atoms with E-state index in [1.54, 1.807) is 4.90 Å². The molecular weight excluding hydrogens is 276 g/mol. The zero-order valence-electron chi connectivity index (χ0n) is 11.0. The van der Waals surface area contributed by atoms with Gasteiger partial charge in [-0.2, -0.15) is 0 Å². The molecule has 2 atom stereocenters. The number of hydrogen-bond donors (Lipinski definition) is 1. The summed E-state index contributed by atoms with van der Waals surface area (Å²) in [6, 6.07) is 7.66. The Morgan fingerprint density at radius 3 is 3.00 bits per heavy atom. The molecule has 3 rings (SSSR count). The molecule has 5 nitrogen and oxygen atoms in total. The minimum absolute atomic E-state index is 0.0551. The lowest BCUT2D eigenvalue weighted by Crippen LogP contribution is -2.51. The first-order valence-corrected chi connectivity index (χ1v) is 6.99. The summed E-state index contributed by atoms with van der Waals surface area (Å²) in [4.78, 5) is 14.7. The number of nitrogens with two attached hydrogens (primary N) is 1. The lowest BCUT2D eigenvalue weighted by Gasteiger charge is -2.33. The Morgan fingerprint density at radius 2 is 2.20 bits per heavy atom. The van der Waals surface area contributed by atoms with E-state index in [0.717, 1.165) is 11.3 Å². The summed E-state index contributed by atoms with van der Waals surface area (Å²) in [5.41, 5.74) is 6.56. The summed E-state index contributed by atoms with van der Waals surface area (Å²) in [7, 11) is 0. The number of benzene rings is 1. The molecule has 0 spiro atoms. The van der Waals surface area contributed by atoms with E-state index in [9.17, 15) is 4.79 Å². The number of ether oxygens (including phenoxy) is 2. The predicted molar refractivity (Wildman–Crippen MR) is 77.8 cm³/mol. The van der Waals surface area contributed by atoms with Crippen molar-refractivity contribution in [1.29, 1.82) is 0 Å². The lowest BCUT2D eigenvalue weighted by molar-refractivity contribution is -0.138. The molecule has 6 heteroatoms. The summed E-state index contributed by atoms with van der Waals surface area (Å²) in [5.74, 6) is 0.612. The van der Waals surface area contributed by atoms with Crippen LogP contribution in [-0.2, 0) is 9.53 Å². The third-order valence-corrected chi connectivity index (χ3v) is 3.96. The average Bonchev–Trinajstić information content (AvgIpc) is 2.90. The number of para-hydroxylation sites is 1. The fourth-order valence-corrected chi connectivity index (χ4v) is 2.75. The van der Waals surface area contributed by atoms with Crippen LogP contribution in [0.1, 0.15) is 11.5 Å². The Balaban J connectivity index is 1.75. The van der Waals surface area contributed by atoms with Gasteiger partial charge in [0.05, 0.1) is 13.2 Å². The van der Waals surface area contributed by atoms with Crippen molar-refractivity contribution in [3.63, 3.8) is 0 Å². The average molecular weight is 292 g/mol. The van der Waals surface area contributed by atoms with E-state index in [-0.39, 0.29) is 17.9 Å². The van der Waals surface area contributed by atoms with Gasteiger partial charge in [-0.05, 0) is 6.07 Å². The Kier molecular flexibility index (Phi) is 3.58. The van der Waals surface area contributed by atoms with Crippen molar-refractivity contribution in [3.8, 4) is 5.75 Å². The van der Waals surface area contributed by atoms with E-state index in [2.05, 4.69) is 0 Å². The summed E-state index contributed by atoms with van der Waals surface area (Å²) in [6.07, 6.45) is -0.347. The number of amides is 1. The first kappa shape index (κ1) is 13.3. The van der Waals surface area contributed by atoms with Gasteiger partial charge in [0.25, 0.3) is 0 Å². The summed E-state index contributed by atoms with van der Waals surface area (Å²) in [5, 5.41) is 0. The number of morpholine rings is 1. The van der Waals surface area contributed by atoms with Gasteiger partial charge in [0.2, 0.25) is 5.91 Å². The first-order chi connectivity index (χ1) is 9.66. The molecule has 1 aromatic rings. The second kappa shape index (κ2) is 5.38. The SMILES string of the molecule is NC(=S)C1CN(C(=O)C2COc3ccccc32)CCO1. The Bertz CT molecular complexity index is 549. The van der Waals surface area contributed by atoms with E-state index >= 15 is 0 Å². The highest BCUT2D eigenvalue weighted by Gasteiger charge is 2.35. The largest absolute Gasteiger partial charge is 0.492 e. The quantitative estimate of drug-likeness (QED) is 0.812. The standard InChI is InChI=1S/C14H16N2O3S/c15-13(20)12-7-16(5-6-18-12)14(17)10-8-19-11-4-2-1-3-9(10)11/h1-4,10,12H,5-8H2,(H2,15,20). The lowest BCUT2D eigenvalue weighted by atomic mass is 9.99. The fraction of sp³-hybridized carbons (Fsp3) is 0.429. The smallest absolute Gasteiger partial charge is 0.233 e. The van der Waals surface area contributed by atoms with Crippen molar-refractivity contribution in [2.24, 2.45) is 5.73 Å². The van der Waals surface area contributed by atoms with Crippen LogP contribution in [0.15, 0.2) is 24.3 Å². The monoisotopic (exact) mass is 292 g/mol. The van der Waals surface area contributed by atoms with Gasteiger partial charge in [-0.15, -0.1) is 0 Å². The Hall–Kier alpha value is -1.66. The number of rotatable bonds is 2. The zero-order chi connectivity index (χ0) is 14.1. The molecule has 1 aromatic carbocycles. The predicted octanol–water partition coefficient (Wildman–Crippen LogP) is 0.676. The van der Waals surface area contributed by atoms with Crippen molar-refractivity contribution < 1.29 is 14.3 Å². The molecule has 0 radical (unpaired) electrons. The van der Waals surface area contributed by atoms with Crippen LogP contribution in [0, 0.1) is 0 Å². The number of thiocarbonyl (C=S) groups is 1. The third kappa shape index (κ3) is 2.36. The van der Waals surface area contributed by atoms with Crippen molar-refractivity contribution in [2.45, 2.75) is 12.0 Å². The number of fused-ring (bicyclic) bond motifs is 1. The summed E-state index contributed by atoms with van der Waals surface area (Å²) < 4.78 is 11.0. The van der Waals surface area contributed by atoms with Crippen molar-refractivity contribution in [3.05, 3.63) is 29.8 Å². The van der Waals surface area contributed by atoms with Gasteiger partial charge < -0.3 is 20.1 Å². The van der Waals surface area contributed by atoms with Crippen LogP contribution in [-0.4, -0.2) is 48.2 Å². The molecule has 106 valence electrons. The molecule has 2 heterocycles. The number of carbonyl (C=O) groups is 1. The maximum atomic E-state index is 12.6. The topological polar surface area (TPSA) is 64.8 Å². The highest BCUT2D eigenvalue weighted by molar-refractivity contribution is 7.80. The maximum Gasteiger partial charge on any atom is 0.233 e. The van der Waals surface area contributed by atoms with Crippen LogP contribution in [0.4, 0.5) is 0 Å². The molecule has 2 aliphatic heterocycles. The maximum absolute atomic E-state index is 12.6. The number of carbonyl (C=O) groups excluding carboxylic acids is 1. The molecule has 2 N–H and O–H groups in total. The molecule has 0 aliphatic carbocycles. The van der Waals surface area contributed by atoms with Gasteiger partial charge in [-0.25, -0.2) is 0 Å². The molecule has 0 bridgehead atoms. The van der Waals surface area contributed by atoms with Crippen LogP contribution < -0.4 is 10.5 Å². The van der Waals surface area contributed by atoms with Crippen molar-refractivity contribution in [1.82, 2.24) is 4.90 Å². The summed E-state index contributed by atoms with van der Waals surface area (Å²) >= 11 is 4.94. The fourth-order valence-electron chi connectivity index (χ4n) is 2.61. The van der Waals surface area contributed by atoms with Crippen LogP contribution in [0.5, 0.6) is 5.75 Å². The minimum atomic E-state index is -0.347. The van der Waals surface area contributed by atoms with Gasteiger partial charge >= 0.3 is 0 Å². The van der Waals surface area contributed by atoms with Gasteiger partial charge in [-0.3, -0.25) is 4.79 Å². The molecule has 2 aliphatic rings. The highest BCUT2D eigenvalue weighted by atomic mass is 32.1. The molecule has 1 saturated heterocycles. The number of nitrogens with zero attached hydrogens (tertiary/aromatic N) is 1. The second-order valence-electron chi connectivity index (χ2n) is 4.95. The van der Waals surface area contributed by atoms with Crippen LogP contribution in [0.2, 0.25) is 0 Å². The Labute approximate surface area is 122 Å². The third-order valence-electron chi connectivity index (χ3n) is 3.69. The Morgan fingerprint density at radius 1 is 1.40 bits per heavy atom. The van der Waals surface area contributed by atoms with Gasteiger partial charge in [0.15, 0.2) is 0 Å².